The smallest absolute Gasteiger partial charge is 0.238 e. The van der Waals surface area contributed by atoms with Gasteiger partial charge in [-0.25, -0.2) is 8.42 Å². The molecule has 0 unspecified atom stereocenters. The molecule has 0 radical (unpaired) electrons. The molecule has 0 saturated heterocycles. The zero-order valence-corrected chi connectivity index (χ0v) is 11.1. The summed E-state index contributed by atoms with van der Waals surface area (Å²) < 4.78 is 31.2. The van der Waals surface area contributed by atoms with Crippen molar-refractivity contribution in [1.29, 1.82) is 0 Å². The highest BCUT2D eigenvalue weighted by molar-refractivity contribution is 7.91. The van der Waals surface area contributed by atoms with E-state index in [0.717, 1.165) is 0 Å². The van der Waals surface area contributed by atoms with Crippen LogP contribution in [0.5, 0.6) is 0 Å². The Morgan fingerprint density at radius 2 is 2.11 bits per heavy atom. The lowest BCUT2D eigenvalue weighted by molar-refractivity contribution is 0.282. The molecule has 0 saturated carbocycles. The summed E-state index contributed by atoms with van der Waals surface area (Å²) in [7, 11) is -3.59. The molecule has 1 aromatic carbocycles. The van der Waals surface area contributed by atoms with Crippen molar-refractivity contribution in [1.82, 2.24) is 5.16 Å². The van der Waals surface area contributed by atoms with Crippen molar-refractivity contribution in [3.05, 3.63) is 47.3 Å². The molecule has 6 nitrogen and oxygen atoms in total. The Morgan fingerprint density at radius 1 is 1.37 bits per heavy atom. The third-order valence-electron chi connectivity index (χ3n) is 2.47. The van der Waals surface area contributed by atoms with Crippen LogP contribution < -0.4 is 4.72 Å². The SMILES string of the molecule is Cc1cc(CS(=O)(=O)Nc2ccccc2CO)no1. The van der Waals surface area contributed by atoms with Crippen molar-refractivity contribution in [3.63, 3.8) is 0 Å². The van der Waals surface area contributed by atoms with Gasteiger partial charge in [0.05, 0.1) is 12.3 Å². The molecule has 0 amide bonds. The Kier molecular flexibility index (Phi) is 3.87. The first-order valence-electron chi connectivity index (χ1n) is 5.61. The number of aliphatic hydroxyl groups is 1. The van der Waals surface area contributed by atoms with E-state index in [-0.39, 0.29) is 12.4 Å². The van der Waals surface area contributed by atoms with Crippen molar-refractivity contribution in [3.8, 4) is 0 Å². The maximum Gasteiger partial charge on any atom is 0.238 e. The number of aromatic nitrogens is 1. The number of aryl methyl sites for hydroxylation is 1. The average Bonchev–Trinajstić information content (AvgIpc) is 2.74. The molecule has 19 heavy (non-hydrogen) atoms. The molecule has 0 aliphatic carbocycles. The van der Waals surface area contributed by atoms with Crippen molar-refractivity contribution in [2.24, 2.45) is 0 Å². The molecule has 7 heteroatoms. The van der Waals surface area contributed by atoms with E-state index >= 15 is 0 Å². The van der Waals surface area contributed by atoms with Crippen LogP contribution in [-0.4, -0.2) is 18.7 Å². The molecule has 102 valence electrons. The van der Waals surface area contributed by atoms with Gasteiger partial charge in [-0.15, -0.1) is 0 Å². The number of hydrogen-bond acceptors (Lipinski definition) is 5. The molecule has 0 spiro atoms. The lowest BCUT2D eigenvalue weighted by Crippen LogP contribution is -2.16. The minimum absolute atomic E-state index is 0.234. The highest BCUT2D eigenvalue weighted by Gasteiger charge is 2.16. The van der Waals surface area contributed by atoms with Crippen LogP contribution in [0.2, 0.25) is 0 Å². The van der Waals surface area contributed by atoms with E-state index in [4.69, 9.17) is 9.63 Å². The maximum atomic E-state index is 12.0. The van der Waals surface area contributed by atoms with Crippen molar-refractivity contribution >= 4 is 15.7 Å². The first-order valence-corrected chi connectivity index (χ1v) is 7.27. The number of anilines is 1. The Labute approximate surface area is 111 Å². The monoisotopic (exact) mass is 282 g/mol. The van der Waals surface area contributed by atoms with Gasteiger partial charge in [-0.05, 0) is 13.0 Å². The quantitative estimate of drug-likeness (QED) is 0.865. The molecule has 0 aliphatic heterocycles. The van der Waals surface area contributed by atoms with E-state index in [1.807, 2.05) is 0 Å². The van der Waals surface area contributed by atoms with Crippen LogP contribution >= 0.6 is 0 Å². The number of nitrogens with zero attached hydrogens (tertiary/aromatic N) is 1. The third-order valence-corrected chi connectivity index (χ3v) is 3.67. The number of nitrogens with one attached hydrogen (secondary N) is 1. The summed E-state index contributed by atoms with van der Waals surface area (Å²) in [4.78, 5) is 0. The second kappa shape index (κ2) is 5.41. The van der Waals surface area contributed by atoms with Gasteiger partial charge in [0.1, 0.15) is 17.2 Å². The summed E-state index contributed by atoms with van der Waals surface area (Å²) in [5.74, 6) is 0.283. The average molecular weight is 282 g/mol. The highest BCUT2D eigenvalue weighted by Crippen LogP contribution is 2.18. The Bertz CT molecular complexity index is 664. The Hall–Kier alpha value is -1.86. The van der Waals surface area contributed by atoms with Crippen molar-refractivity contribution in [2.75, 3.05) is 4.72 Å². The summed E-state index contributed by atoms with van der Waals surface area (Å²) in [6.07, 6.45) is 0. The summed E-state index contributed by atoms with van der Waals surface area (Å²) >= 11 is 0. The van der Waals surface area contributed by atoms with Gasteiger partial charge in [0.25, 0.3) is 0 Å². The number of rotatable bonds is 5. The minimum Gasteiger partial charge on any atom is -0.392 e. The van der Waals surface area contributed by atoms with Gasteiger partial charge in [-0.3, -0.25) is 4.72 Å². The first kappa shape index (κ1) is 13.6. The van der Waals surface area contributed by atoms with Crippen LogP contribution in [-0.2, 0) is 22.4 Å². The van der Waals surface area contributed by atoms with Crippen LogP contribution in [0.3, 0.4) is 0 Å². The standard InChI is InChI=1S/C12H14N2O4S/c1-9-6-11(13-18-9)8-19(16,17)14-12-5-3-2-4-10(12)7-15/h2-6,14-15H,7-8H2,1H3. The normalized spacial score (nSPS) is 11.5. The van der Waals surface area contributed by atoms with Crippen molar-refractivity contribution < 1.29 is 18.0 Å². The van der Waals surface area contributed by atoms with E-state index in [0.29, 0.717) is 22.7 Å². The second-order valence-electron chi connectivity index (χ2n) is 4.11. The Morgan fingerprint density at radius 3 is 2.74 bits per heavy atom. The molecule has 0 aliphatic rings. The lowest BCUT2D eigenvalue weighted by atomic mass is 10.2. The summed E-state index contributed by atoms with van der Waals surface area (Å²) in [5.41, 5.74) is 1.22. The van der Waals surface area contributed by atoms with E-state index in [1.54, 1.807) is 37.3 Å². The van der Waals surface area contributed by atoms with Gasteiger partial charge in [0.2, 0.25) is 10.0 Å². The van der Waals surface area contributed by atoms with Crippen LogP contribution in [0.15, 0.2) is 34.9 Å². The second-order valence-corrected chi connectivity index (χ2v) is 5.83. The van der Waals surface area contributed by atoms with Crippen LogP contribution in [0.4, 0.5) is 5.69 Å². The highest BCUT2D eigenvalue weighted by atomic mass is 32.2. The van der Waals surface area contributed by atoms with Crippen LogP contribution in [0, 0.1) is 6.92 Å². The fraction of sp³-hybridized carbons (Fsp3) is 0.250. The number of sulfonamides is 1. The summed E-state index contributed by atoms with van der Waals surface area (Å²) in [6, 6.07) is 8.23. The minimum atomic E-state index is -3.59. The lowest BCUT2D eigenvalue weighted by Gasteiger charge is -2.10. The Balaban J connectivity index is 2.17. The molecule has 2 rings (SSSR count). The molecule has 2 aromatic rings. The van der Waals surface area contributed by atoms with Gasteiger partial charge in [-0.2, -0.15) is 0 Å². The van der Waals surface area contributed by atoms with E-state index in [2.05, 4.69) is 9.88 Å². The predicted molar refractivity (Wildman–Crippen MR) is 69.9 cm³/mol. The molecule has 0 bridgehead atoms. The van der Waals surface area contributed by atoms with Gasteiger partial charge < -0.3 is 9.63 Å². The fourth-order valence-corrected chi connectivity index (χ4v) is 2.77. The topological polar surface area (TPSA) is 92.4 Å². The van der Waals surface area contributed by atoms with Crippen LogP contribution in [0.25, 0.3) is 0 Å². The van der Waals surface area contributed by atoms with E-state index < -0.39 is 10.0 Å². The molecular weight excluding hydrogens is 268 g/mol. The fourth-order valence-electron chi connectivity index (χ4n) is 1.64. The van der Waals surface area contributed by atoms with Crippen LogP contribution in [0.1, 0.15) is 17.0 Å². The molecule has 1 aromatic heterocycles. The molecular formula is C12H14N2O4S. The summed E-state index contributed by atoms with van der Waals surface area (Å²) in [5, 5.41) is 12.8. The van der Waals surface area contributed by atoms with Gasteiger partial charge in [-0.1, -0.05) is 23.4 Å². The molecule has 0 fully saturated rings. The number of para-hydroxylation sites is 1. The molecule has 1 heterocycles. The van der Waals surface area contributed by atoms with Gasteiger partial charge >= 0.3 is 0 Å². The van der Waals surface area contributed by atoms with E-state index in [9.17, 15) is 8.42 Å². The van der Waals surface area contributed by atoms with Gasteiger partial charge in [0, 0.05) is 11.6 Å². The zero-order chi connectivity index (χ0) is 13.9. The number of aliphatic hydroxyl groups excluding tert-OH is 1. The third kappa shape index (κ3) is 3.55. The van der Waals surface area contributed by atoms with Crippen molar-refractivity contribution in [2.45, 2.75) is 19.3 Å². The predicted octanol–water partition coefficient (Wildman–Crippen LogP) is 1.42. The number of benzene rings is 1. The molecule has 2 N–H and O–H groups in total. The number of hydrogen-bond donors (Lipinski definition) is 2. The maximum absolute atomic E-state index is 12.0. The zero-order valence-electron chi connectivity index (χ0n) is 10.3. The molecule has 0 atom stereocenters. The first-order chi connectivity index (χ1) is 9.00. The largest absolute Gasteiger partial charge is 0.392 e. The van der Waals surface area contributed by atoms with Gasteiger partial charge in [0.15, 0.2) is 0 Å². The summed E-state index contributed by atoms with van der Waals surface area (Å²) in [6.45, 7) is 1.46. The van der Waals surface area contributed by atoms with E-state index in [1.165, 1.54) is 0 Å².